The molecule has 0 fully saturated rings. The molecule has 1 aromatic carbocycles. The molecule has 0 amide bonds. The van der Waals surface area contributed by atoms with Crippen molar-refractivity contribution in [3.8, 4) is 5.75 Å². The Balaban J connectivity index is 3.19. The molecule has 0 spiro atoms. The molecule has 1 aromatic rings. The highest BCUT2D eigenvalue weighted by Crippen LogP contribution is 2.26. The van der Waals surface area contributed by atoms with Gasteiger partial charge in [-0.2, -0.15) is 0 Å². The number of hydrogen-bond acceptors (Lipinski definition) is 6. The van der Waals surface area contributed by atoms with Crippen molar-refractivity contribution in [2.75, 3.05) is 23.2 Å². The van der Waals surface area contributed by atoms with Crippen molar-refractivity contribution in [2.24, 2.45) is 0 Å². The third kappa shape index (κ3) is 4.70. The molecule has 0 unspecified atom stereocenters. The number of rotatable bonds is 6. The van der Waals surface area contributed by atoms with Crippen molar-refractivity contribution in [1.29, 1.82) is 0 Å². The van der Waals surface area contributed by atoms with Gasteiger partial charge in [0.1, 0.15) is 5.75 Å². The first-order chi connectivity index (χ1) is 9.04. The molecule has 0 aliphatic rings. The van der Waals surface area contributed by atoms with Crippen LogP contribution < -0.4 is 9.46 Å². The van der Waals surface area contributed by atoms with Crippen LogP contribution in [0.2, 0.25) is 0 Å². The molecule has 1 rings (SSSR count). The van der Waals surface area contributed by atoms with Crippen LogP contribution in [0.15, 0.2) is 18.2 Å². The highest BCUT2D eigenvalue weighted by molar-refractivity contribution is 8.08. The van der Waals surface area contributed by atoms with Gasteiger partial charge in [0.05, 0.1) is 18.4 Å². The fraction of sp³-hybridized carbons (Fsp3) is 0.300. The van der Waals surface area contributed by atoms with Crippen LogP contribution in [0.4, 0.5) is 5.69 Å². The zero-order chi connectivity index (χ0) is 15.6. The van der Waals surface area contributed by atoms with Crippen LogP contribution in [0.5, 0.6) is 5.75 Å². The van der Waals surface area contributed by atoms with Gasteiger partial charge in [0.25, 0.3) is 0 Å². The maximum absolute atomic E-state index is 11.7. The average molecular weight is 323 g/mol. The standard InChI is InChI=1S/C10H13NO7S2/c1-18-9-4-3-7(10(12)13)5-8(9)11-20(16,17)6-19(2,14)15/h3-5,11H,6H2,1-2H3,(H,12,13). The Morgan fingerprint density at radius 3 is 2.35 bits per heavy atom. The van der Waals surface area contributed by atoms with E-state index in [2.05, 4.69) is 0 Å². The van der Waals surface area contributed by atoms with Gasteiger partial charge in [0.15, 0.2) is 14.9 Å². The third-order valence-corrected chi connectivity index (χ3v) is 5.57. The summed E-state index contributed by atoms with van der Waals surface area (Å²) in [5, 5.41) is 7.73. The number of nitrogens with one attached hydrogen (secondary N) is 1. The van der Waals surface area contributed by atoms with E-state index in [1.165, 1.54) is 19.2 Å². The van der Waals surface area contributed by atoms with Crippen LogP contribution in [0, 0.1) is 0 Å². The number of carboxylic acid groups (broad SMARTS) is 1. The summed E-state index contributed by atoms with van der Waals surface area (Å²) in [4.78, 5) is 10.8. The van der Waals surface area contributed by atoms with Crippen molar-refractivity contribution < 1.29 is 31.5 Å². The summed E-state index contributed by atoms with van der Waals surface area (Å²) in [5.41, 5.74) is -0.307. The van der Waals surface area contributed by atoms with Crippen molar-refractivity contribution in [1.82, 2.24) is 0 Å². The van der Waals surface area contributed by atoms with Crippen molar-refractivity contribution in [3.05, 3.63) is 23.8 Å². The Morgan fingerprint density at radius 1 is 1.30 bits per heavy atom. The molecule has 10 heteroatoms. The summed E-state index contributed by atoms with van der Waals surface area (Å²) in [7, 11) is -6.67. The van der Waals surface area contributed by atoms with Gasteiger partial charge in [-0.05, 0) is 18.2 Å². The summed E-state index contributed by atoms with van der Waals surface area (Å²) in [6.45, 7) is 0. The maximum atomic E-state index is 11.7. The third-order valence-electron chi connectivity index (χ3n) is 2.08. The first-order valence-electron chi connectivity index (χ1n) is 5.13. The fourth-order valence-corrected chi connectivity index (χ4v) is 4.38. The van der Waals surface area contributed by atoms with E-state index in [1.54, 1.807) is 0 Å². The second-order valence-corrected chi connectivity index (χ2v) is 8.21. The summed E-state index contributed by atoms with van der Waals surface area (Å²) in [6.07, 6.45) is 0.775. The first kappa shape index (κ1) is 16.2. The SMILES string of the molecule is COc1ccc(C(=O)O)cc1NS(=O)(=O)CS(C)(=O)=O. The number of anilines is 1. The Labute approximate surface area is 116 Å². The van der Waals surface area contributed by atoms with Gasteiger partial charge in [-0.3, -0.25) is 4.72 Å². The van der Waals surface area contributed by atoms with E-state index in [9.17, 15) is 21.6 Å². The number of benzene rings is 1. The summed E-state index contributed by atoms with van der Waals surface area (Å²) in [5.74, 6) is -1.18. The predicted octanol–water partition coefficient (Wildman–Crippen LogP) is 0.137. The Morgan fingerprint density at radius 2 is 1.90 bits per heavy atom. The molecular formula is C10H13NO7S2. The van der Waals surface area contributed by atoms with Gasteiger partial charge in [0.2, 0.25) is 10.0 Å². The monoisotopic (exact) mass is 323 g/mol. The Bertz CT molecular complexity index is 722. The molecule has 112 valence electrons. The number of hydrogen-bond donors (Lipinski definition) is 2. The molecule has 0 atom stereocenters. The molecule has 0 aliphatic heterocycles. The van der Waals surface area contributed by atoms with E-state index < -0.39 is 30.9 Å². The fourth-order valence-electron chi connectivity index (χ4n) is 1.40. The van der Waals surface area contributed by atoms with Crippen LogP contribution in [0.3, 0.4) is 0 Å². The zero-order valence-electron chi connectivity index (χ0n) is 10.7. The summed E-state index contributed by atoms with van der Waals surface area (Å²) >= 11 is 0. The van der Waals surface area contributed by atoms with E-state index >= 15 is 0 Å². The van der Waals surface area contributed by atoms with Gasteiger partial charge in [-0.1, -0.05) is 0 Å². The van der Waals surface area contributed by atoms with Crippen molar-refractivity contribution in [3.63, 3.8) is 0 Å². The lowest BCUT2D eigenvalue weighted by Crippen LogP contribution is -2.22. The quantitative estimate of drug-likeness (QED) is 0.762. The van der Waals surface area contributed by atoms with Gasteiger partial charge in [0, 0.05) is 6.26 Å². The van der Waals surface area contributed by atoms with E-state index in [0.717, 1.165) is 12.3 Å². The second-order valence-electron chi connectivity index (χ2n) is 3.98. The van der Waals surface area contributed by atoms with E-state index in [0.29, 0.717) is 0 Å². The molecule has 0 radical (unpaired) electrons. The predicted molar refractivity (Wildman–Crippen MR) is 72.2 cm³/mol. The number of aromatic carboxylic acids is 1. The molecule has 20 heavy (non-hydrogen) atoms. The van der Waals surface area contributed by atoms with Crippen LogP contribution in [-0.2, 0) is 19.9 Å². The highest BCUT2D eigenvalue weighted by Gasteiger charge is 2.20. The second kappa shape index (κ2) is 5.67. The largest absolute Gasteiger partial charge is 0.495 e. The normalized spacial score (nSPS) is 11.9. The van der Waals surface area contributed by atoms with Gasteiger partial charge in [-0.25, -0.2) is 21.6 Å². The number of sulfonamides is 1. The molecule has 0 aliphatic carbocycles. The first-order valence-corrected chi connectivity index (χ1v) is 8.85. The highest BCUT2D eigenvalue weighted by atomic mass is 32.3. The molecule has 8 nitrogen and oxygen atoms in total. The molecule has 0 saturated carbocycles. The van der Waals surface area contributed by atoms with E-state index in [1.807, 2.05) is 4.72 Å². The molecule has 2 N–H and O–H groups in total. The minimum atomic E-state index is -4.18. The lowest BCUT2D eigenvalue weighted by Gasteiger charge is -2.12. The van der Waals surface area contributed by atoms with E-state index in [-0.39, 0.29) is 17.0 Å². The molecule has 0 saturated heterocycles. The van der Waals surface area contributed by atoms with Crippen LogP contribution in [0.1, 0.15) is 10.4 Å². The van der Waals surface area contributed by atoms with Gasteiger partial charge < -0.3 is 9.84 Å². The summed E-state index contributed by atoms with van der Waals surface area (Å²) in [6, 6.07) is 3.54. The van der Waals surface area contributed by atoms with Crippen molar-refractivity contribution in [2.45, 2.75) is 0 Å². The molecule has 0 heterocycles. The minimum absolute atomic E-state index is 0.0760. The lowest BCUT2D eigenvalue weighted by atomic mass is 10.2. The molecule has 0 bridgehead atoms. The number of sulfone groups is 1. The Hall–Kier alpha value is -1.81. The zero-order valence-corrected chi connectivity index (χ0v) is 12.3. The maximum Gasteiger partial charge on any atom is 0.335 e. The average Bonchev–Trinajstić information content (AvgIpc) is 2.24. The number of ether oxygens (including phenoxy) is 1. The Kier molecular flexibility index (Phi) is 4.61. The topological polar surface area (TPSA) is 127 Å². The van der Waals surface area contributed by atoms with Gasteiger partial charge >= 0.3 is 5.97 Å². The van der Waals surface area contributed by atoms with Crippen LogP contribution >= 0.6 is 0 Å². The molecule has 0 aromatic heterocycles. The lowest BCUT2D eigenvalue weighted by molar-refractivity contribution is 0.0697. The van der Waals surface area contributed by atoms with Crippen molar-refractivity contribution >= 4 is 31.5 Å². The van der Waals surface area contributed by atoms with Crippen LogP contribution in [0.25, 0.3) is 0 Å². The smallest absolute Gasteiger partial charge is 0.335 e. The summed E-state index contributed by atoms with van der Waals surface area (Å²) < 4.78 is 52.3. The van der Waals surface area contributed by atoms with E-state index in [4.69, 9.17) is 9.84 Å². The number of methoxy groups -OCH3 is 1. The molecular weight excluding hydrogens is 310 g/mol. The number of carboxylic acids is 1. The van der Waals surface area contributed by atoms with Crippen LogP contribution in [-0.4, -0.2) is 46.4 Å². The number of carbonyl (C=O) groups is 1. The minimum Gasteiger partial charge on any atom is -0.495 e. The van der Waals surface area contributed by atoms with Gasteiger partial charge in [-0.15, -0.1) is 0 Å².